The van der Waals surface area contributed by atoms with Crippen LogP contribution in [0.2, 0.25) is 0 Å². The highest BCUT2D eigenvalue weighted by Crippen LogP contribution is 2.18. The Balaban J connectivity index is 1.57. The summed E-state index contributed by atoms with van der Waals surface area (Å²) in [6.45, 7) is 0. The molecular weight excluding hydrogens is 350 g/mol. The molecule has 1 amide bonds. The molecule has 8 heteroatoms. The maximum Gasteiger partial charge on any atom is 0.398 e. The molecule has 0 atom stereocenters. The van der Waals surface area contributed by atoms with Gasteiger partial charge < -0.3 is 14.0 Å². The number of hydrogen-bond acceptors (Lipinski definition) is 7. The highest BCUT2D eigenvalue weighted by molar-refractivity contribution is 5.95. The van der Waals surface area contributed by atoms with Gasteiger partial charge in [0.25, 0.3) is 5.91 Å². The van der Waals surface area contributed by atoms with E-state index in [1.807, 2.05) is 0 Å². The van der Waals surface area contributed by atoms with Gasteiger partial charge >= 0.3 is 5.97 Å². The van der Waals surface area contributed by atoms with E-state index < -0.39 is 11.9 Å². The molecule has 0 fully saturated rings. The average Bonchev–Trinajstić information content (AvgIpc) is 3.26. The molecule has 0 spiro atoms. The van der Waals surface area contributed by atoms with Gasteiger partial charge in [-0.3, -0.25) is 4.79 Å². The molecule has 8 nitrogen and oxygen atoms in total. The van der Waals surface area contributed by atoms with E-state index in [2.05, 4.69) is 15.7 Å². The quantitative estimate of drug-likeness (QED) is 0.513. The summed E-state index contributed by atoms with van der Waals surface area (Å²) >= 11 is 0. The number of nitrogens with one attached hydrogen (secondary N) is 1. The Labute approximate surface area is 154 Å². The van der Waals surface area contributed by atoms with Crippen LogP contribution in [0.5, 0.6) is 5.75 Å². The molecule has 0 aliphatic carbocycles. The molecule has 136 valence electrons. The Bertz CT molecular complexity index is 950. The number of amides is 1. The predicted molar refractivity (Wildman–Crippen MR) is 96.0 cm³/mol. The summed E-state index contributed by atoms with van der Waals surface area (Å²) in [6.07, 6.45) is 1.38. The molecule has 0 saturated heterocycles. The number of anilines is 1. The third kappa shape index (κ3) is 4.79. The fourth-order valence-corrected chi connectivity index (χ4v) is 2.06. The van der Waals surface area contributed by atoms with Crippen molar-refractivity contribution in [3.8, 4) is 5.75 Å². The van der Waals surface area contributed by atoms with Crippen molar-refractivity contribution in [2.45, 2.75) is 0 Å². The molecule has 1 aromatic heterocycles. The van der Waals surface area contributed by atoms with Crippen molar-refractivity contribution >= 4 is 23.3 Å². The van der Waals surface area contributed by atoms with Crippen LogP contribution in [0.3, 0.4) is 0 Å². The lowest BCUT2D eigenvalue weighted by atomic mass is 10.2. The minimum Gasteiger partial charge on any atom is -0.497 e. The van der Waals surface area contributed by atoms with Crippen molar-refractivity contribution in [3.05, 3.63) is 78.3 Å². The van der Waals surface area contributed by atoms with Crippen LogP contribution in [-0.4, -0.2) is 19.0 Å². The minimum atomic E-state index is -0.646. The number of methoxy groups -OCH3 is 1. The normalized spacial score (nSPS) is 10.6. The van der Waals surface area contributed by atoms with Crippen LogP contribution >= 0.6 is 0 Å². The van der Waals surface area contributed by atoms with Crippen LogP contribution in [0.1, 0.15) is 20.9 Å². The maximum absolute atomic E-state index is 12.0. The molecule has 1 heterocycles. The molecule has 3 aromatic rings. The number of rotatable bonds is 6. The summed E-state index contributed by atoms with van der Waals surface area (Å²) in [7, 11) is 1.52. The average molecular weight is 365 g/mol. The summed E-state index contributed by atoms with van der Waals surface area (Å²) < 4.78 is 10.00. The number of carbonyl (C=O) groups is 2. The van der Waals surface area contributed by atoms with Gasteiger partial charge in [0.1, 0.15) is 5.75 Å². The van der Waals surface area contributed by atoms with E-state index in [-0.39, 0.29) is 5.76 Å². The Kier molecular flexibility index (Phi) is 5.58. The Hall–Kier alpha value is -3.94. The molecule has 3 rings (SSSR count). The van der Waals surface area contributed by atoms with Gasteiger partial charge in [-0.25, -0.2) is 10.3 Å². The van der Waals surface area contributed by atoms with Crippen LogP contribution in [-0.2, 0) is 4.84 Å². The van der Waals surface area contributed by atoms with Gasteiger partial charge in [-0.05, 0) is 54.6 Å². The Morgan fingerprint density at radius 3 is 2.56 bits per heavy atom. The molecule has 0 aliphatic rings. The summed E-state index contributed by atoms with van der Waals surface area (Å²) in [5.41, 5.74) is 3.86. The first-order valence-electron chi connectivity index (χ1n) is 7.86. The second kappa shape index (κ2) is 8.43. The first kappa shape index (κ1) is 17.9. The third-order valence-corrected chi connectivity index (χ3v) is 3.42. The van der Waals surface area contributed by atoms with E-state index in [4.69, 9.17) is 14.0 Å². The van der Waals surface area contributed by atoms with Gasteiger partial charge in [0.2, 0.25) is 5.76 Å². The van der Waals surface area contributed by atoms with E-state index in [0.29, 0.717) is 22.7 Å². The number of hydrogen-bond donors (Lipinski definition) is 1. The van der Waals surface area contributed by atoms with Crippen molar-refractivity contribution in [3.63, 3.8) is 0 Å². The summed E-state index contributed by atoms with van der Waals surface area (Å²) in [6, 6.07) is 16.2. The van der Waals surface area contributed by atoms with Gasteiger partial charge in [-0.15, -0.1) is 10.2 Å². The summed E-state index contributed by atoms with van der Waals surface area (Å²) in [5.74, 6) is -0.476. The van der Waals surface area contributed by atoms with E-state index in [0.717, 1.165) is 0 Å². The second-order valence-corrected chi connectivity index (χ2v) is 5.25. The minimum absolute atomic E-state index is 0.0870. The monoisotopic (exact) mass is 365 g/mol. The zero-order valence-electron chi connectivity index (χ0n) is 14.3. The maximum atomic E-state index is 12.0. The Morgan fingerprint density at radius 1 is 1.04 bits per heavy atom. The lowest BCUT2D eigenvalue weighted by molar-refractivity contribution is 0.0560. The second-order valence-electron chi connectivity index (χ2n) is 5.25. The number of azo groups is 1. The molecule has 27 heavy (non-hydrogen) atoms. The molecule has 1 N–H and O–H groups in total. The Morgan fingerprint density at radius 2 is 1.85 bits per heavy atom. The topological polar surface area (TPSA) is 102 Å². The van der Waals surface area contributed by atoms with Crippen LogP contribution < -0.4 is 10.2 Å². The zero-order chi connectivity index (χ0) is 19.1. The molecule has 0 aliphatic heterocycles. The largest absolute Gasteiger partial charge is 0.497 e. The van der Waals surface area contributed by atoms with E-state index in [1.54, 1.807) is 54.6 Å². The SMILES string of the molecule is COc1cccc(C(=O)N=Nc2ccc(NOC(=O)c3ccco3)cc2)c1. The molecule has 2 aromatic carbocycles. The van der Waals surface area contributed by atoms with Gasteiger partial charge in [0.15, 0.2) is 0 Å². The van der Waals surface area contributed by atoms with E-state index in [9.17, 15) is 9.59 Å². The number of nitrogens with zero attached hydrogens (tertiary/aromatic N) is 2. The van der Waals surface area contributed by atoms with Crippen molar-refractivity contribution in [2.75, 3.05) is 12.6 Å². The van der Waals surface area contributed by atoms with Crippen molar-refractivity contribution in [1.82, 2.24) is 0 Å². The fourth-order valence-electron chi connectivity index (χ4n) is 2.06. The number of ether oxygens (including phenoxy) is 1. The van der Waals surface area contributed by atoms with Crippen molar-refractivity contribution in [2.24, 2.45) is 10.2 Å². The summed E-state index contributed by atoms with van der Waals surface area (Å²) in [5, 5.41) is 7.59. The van der Waals surface area contributed by atoms with E-state index in [1.165, 1.54) is 19.4 Å². The predicted octanol–water partition coefficient (Wildman–Crippen LogP) is 4.40. The standard InChI is InChI=1S/C19H15N3O5/c1-25-16-5-2-4-13(12-16)18(23)21-20-14-7-9-15(10-8-14)22-27-19(24)17-6-3-11-26-17/h2-12,22H,1H3. The van der Waals surface area contributed by atoms with Crippen LogP contribution in [0.4, 0.5) is 11.4 Å². The lowest BCUT2D eigenvalue weighted by Crippen LogP contribution is -2.09. The van der Waals surface area contributed by atoms with Crippen molar-refractivity contribution < 1.29 is 23.6 Å². The zero-order valence-corrected chi connectivity index (χ0v) is 14.3. The summed E-state index contributed by atoms with van der Waals surface area (Å²) in [4.78, 5) is 28.6. The highest BCUT2D eigenvalue weighted by Gasteiger charge is 2.10. The van der Waals surface area contributed by atoms with Gasteiger partial charge in [0.05, 0.1) is 24.7 Å². The van der Waals surface area contributed by atoms with Gasteiger partial charge in [-0.1, -0.05) is 6.07 Å². The molecule has 0 saturated carbocycles. The lowest BCUT2D eigenvalue weighted by Gasteiger charge is -2.05. The van der Waals surface area contributed by atoms with Gasteiger partial charge in [-0.2, -0.15) is 0 Å². The molecule has 0 radical (unpaired) electrons. The van der Waals surface area contributed by atoms with E-state index >= 15 is 0 Å². The number of carbonyl (C=O) groups excluding carboxylic acids is 2. The number of benzene rings is 2. The molecule has 0 bridgehead atoms. The molecular formula is C19H15N3O5. The van der Waals surface area contributed by atoms with Gasteiger partial charge in [0, 0.05) is 5.56 Å². The van der Waals surface area contributed by atoms with Crippen molar-refractivity contribution in [1.29, 1.82) is 0 Å². The first-order chi connectivity index (χ1) is 13.2. The van der Waals surface area contributed by atoms with Crippen LogP contribution in [0.25, 0.3) is 0 Å². The third-order valence-electron chi connectivity index (χ3n) is 3.42. The smallest absolute Gasteiger partial charge is 0.398 e. The van der Waals surface area contributed by atoms with Crippen LogP contribution in [0, 0.1) is 0 Å². The van der Waals surface area contributed by atoms with Crippen LogP contribution in [0.15, 0.2) is 81.6 Å². The fraction of sp³-hybridized carbons (Fsp3) is 0.0526. The highest BCUT2D eigenvalue weighted by atomic mass is 16.7. The number of furan rings is 1. The molecule has 0 unspecified atom stereocenters. The first-order valence-corrected chi connectivity index (χ1v) is 7.86.